The molecule has 0 saturated carbocycles. The lowest BCUT2D eigenvalue weighted by molar-refractivity contribution is -0.186. The fraction of sp³-hybridized carbons (Fsp3) is 0.316. The average Bonchev–Trinajstić information content (AvgIpc) is 2.67. The molecule has 1 unspecified atom stereocenters. The van der Waals surface area contributed by atoms with E-state index in [1.807, 2.05) is 18.2 Å². The Morgan fingerprint density at radius 1 is 1.20 bits per heavy atom. The van der Waals surface area contributed by atoms with Crippen LogP contribution in [0.25, 0.3) is 0 Å². The van der Waals surface area contributed by atoms with Gasteiger partial charge in [-0.2, -0.15) is 8.78 Å². The molecule has 0 aliphatic heterocycles. The molecule has 1 atom stereocenters. The van der Waals surface area contributed by atoms with Gasteiger partial charge in [-0.3, -0.25) is 5.01 Å². The van der Waals surface area contributed by atoms with E-state index in [1.165, 1.54) is 17.7 Å². The Balaban J connectivity index is 1.80. The van der Waals surface area contributed by atoms with Crippen molar-refractivity contribution in [1.82, 2.24) is 10.3 Å². The Bertz CT molecular complexity index is 874. The maximum atomic E-state index is 13.8. The minimum absolute atomic E-state index is 0.0184. The van der Waals surface area contributed by atoms with E-state index in [-0.39, 0.29) is 11.0 Å². The maximum absolute atomic E-state index is 13.8. The van der Waals surface area contributed by atoms with Crippen LogP contribution in [-0.4, -0.2) is 22.5 Å². The number of hydrogen-bond donors (Lipinski definition) is 3. The van der Waals surface area contributed by atoms with Crippen LogP contribution in [0.2, 0.25) is 0 Å². The fourth-order valence-corrected chi connectivity index (χ4v) is 3.66. The second-order valence-corrected chi connectivity index (χ2v) is 7.98. The highest BCUT2D eigenvalue weighted by atomic mass is 79.9. The summed E-state index contributed by atoms with van der Waals surface area (Å²) in [6, 6.07) is 13.2. The number of urea groups is 1. The first kappa shape index (κ1) is 24.3. The summed E-state index contributed by atoms with van der Waals surface area (Å²) in [6.07, 6.45) is -1.32. The highest BCUT2D eigenvalue weighted by molar-refractivity contribution is 9.10. The van der Waals surface area contributed by atoms with E-state index in [4.69, 9.17) is 10.7 Å². The van der Waals surface area contributed by atoms with Crippen LogP contribution in [0, 0.1) is 0 Å². The largest absolute Gasteiger partial charge is 0.701 e. The van der Waals surface area contributed by atoms with E-state index < -0.39 is 26.0 Å². The van der Waals surface area contributed by atoms with Gasteiger partial charge in [0, 0.05) is 15.6 Å². The van der Waals surface area contributed by atoms with E-state index in [0.717, 1.165) is 30.3 Å². The minimum Gasteiger partial charge on any atom is -0.337 e. The Morgan fingerprint density at radius 2 is 1.90 bits per heavy atom. The highest BCUT2D eigenvalue weighted by Gasteiger charge is 2.44. The van der Waals surface area contributed by atoms with Gasteiger partial charge in [-0.15, -0.1) is 4.89 Å². The van der Waals surface area contributed by atoms with Gasteiger partial charge in [0.15, 0.2) is 0 Å². The van der Waals surface area contributed by atoms with Crippen molar-refractivity contribution in [2.24, 2.45) is 5.84 Å². The molecule has 0 aromatic heterocycles. The molecule has 0 heterocycles. The number of halogens is 3. The number of alkyl halides is 2. The van der Waals surface area contributed by atoms with Gasteiger partial charge in [0.2, 0.25) is 0 Å². The van der Waals surface area contributed by atoms with E-state index in [0.29, 0.717) is 12.1 Å². The molecule has 2 rings (SSSR count). The van der Waals surface area contributed by atoms with Gasteiger partial charge in [0.05, 0.1) is 12.1 Å². The first-order valence-corrected chi connectivity index (χ1v) is 11.0. The third kappa shape index (κ3) is 7.70. The van der Waals surface area contributed by atoms with E-state index in [1.54, 1.807) is 0 Å². The molecule has 0 aliphatic rings. The third-order valence-electron chi connectivity index (χ3n) is 4.16. The van der Waals surface area contributed by atoms with E-state index >= 15 is 0 Å². The monoisotopic (exact) mass is 504 g/mol. The molecule has 0 spiro atoms. The van der Waals surface area contributed by atoms with Crippen molar-refractivity contribution in [3.05, 3.63) is 69.7 Å². The number of aryl methyl sites for hydroxylation is 1. The van der Waals surface area contributed by atoms with Crippen LogP contribution in [0.15, 0.2) is 53.0 Å². The zero-order valence-corrected chi connectivity index (χ0v) is 18.4. The number of carbonyl (C=O) groups excluding carboxylic acids is 1. The first-order chi connectivity index (χ1) is 14.2. The molecule has 0 bridgehead atoms. The lowest BCUT2D eigenvalue weighted by Crippen LogP contribution is -2.44. The Kier molecular flexibility index (Phi) is 9.26. The van der Waals surface area contributed by atoms with Crippen molar-refractivity contribution in [1.29, 1.82) is 0 Å². The first-order valence-electron chi connectivity index (χ1n) is 9.05. The van der Waals surface area contributed by atoms with Crippen molar-refractivity contribution in [3.8, 4) is 0 Å². The van der Waals surface area contributed by atoms with Gasteiger partial charge in [0.25, 0.3) is 0 Å². The molecule has 162 valence electrons. The SMILES string of the molecule is NN(Cc1ccc(C(F)(F)O[P+](=O)O)c(Br)c1)C(=O)NCCCCc1ccccc1. The molecule has 30 heavy (non-hydrogen) atoms. The van der Waals surface area contributed by atoms with Crippen molar-refractivity contribution in [2.75, 3.05) is 6.54 Å². The summed E-state index contributed by atoms with van der Waals surface area (Å²) >= 11 is 2.98. The van der Waals surface area contributed by atoms with Gasteiger partial charge in [-0.25, -0.2) is 10.6 Å². The lowest BCUT2D eigenvalue weighted by Gasteiger charge is -2.18. The number of amides is 2. The van der Waals surface area contributed by atoms with Crippen LogP contribution in [0.1, 0.15) is 29.5 Å². The van der Waals surface area contributed by atoms with Gasteiger partial charge in [-0.1, -0.05) is 52.3 Å². The van der Waals surface area contributed by atoms with Crippen LogP contribution in [0.5, 0.6) is 0 Å². The maximum Gasteiger partial charge on any atom is 0.701 e. The van der Waals surface area contributed by atoms with Crippen molar-refractivity contribution in [2.45, 2.75) is 31.9 Å². The molecule has 0 saturated heterocycles. The topological polar surface area (TPSA) is 105 Å². The van der Waals surface area contributed by atoms with Gasteiger partial charge >= 0.3 is 20.4 Å². The predicted octanol–water partition coefficient (Wildman–Crippen LogP) is 4.57. The summed E-state index contributed by atoms with van der Waals surface area (Å²) in [7, 11) is -3.48. The number of nitrogens with two attached hydrogens (primary N) is 1. The standard InChI is InChI=1S/C19H21BrF2N3O4P/c20-17-12-15(9-10-16(17)19(21,22)29-30(27)28)13-25(23)18(26)24-11-5-4-8-14-6-2-1-3-7-14/h1-3,6-7,9-10,12H,4-5,8,11,13,23H2,(H-,24,26,27,28)/p+1. The number of rotatable bonds is 10. The van der Waals surface area contributed by atoms with Crippen LogP contribution in [0.4, 0.5) is 13.6 Å². The number of nitrogens with one attached hydrogen (secondary N) is 1. The highest BCUT2D eigenvalue weighted by Crippen LogP contribution is 2.40. The Labute approximate surface area is 182 Å². The number of hydrogen-bond acceptors (Lipinski definition) is 4. The minimum atomic E-state index is -3.95. The number of benzene rings is 2. The predicted molar refractivity (Wildman–Crippen MR) is 111 cm³/mol. The number of hydrazine groups is 1. The normalized spacial score (nSPS) is 11.8. The number of nitrogens with zero attached hydrogens (tertiary/aromatic N) is 1. The third-order valence-corrected chi connectivity index (χ3v) is 5.21. The molecule has 7 nitrogen and oxygen atoms in total. The molecule has 0 radical (unpaired) electrons. The lowest BCUT2D eigenvalue weighted by atomic mass is 10.1. The van der Waals surface area contributed by atoms with Gasteiger partial charge in [0.1, 0.15) is 0 Å². The smallest absolute Gasteiger partial charge is 0.337 e. The summed E-state index contributed by atoms with van der Waals surface area (Å²) in [5, 5.41) is 3.65. The molecular formula is C19H22BrF2N3O4P+. The van der Waals surface area contributed by atoms with Gasteiger partial charge < -0.3 is 5.32 Å². The van der Waals surface area contributed by atoms with Crippen molar-refractivity contribution in [3.63, 3.8) is 0 Å². The zero-order chi connectivity index (χ0) is 22.1. The summed E-state index contributed by atoms with van der Waals surface area (Å²) in [5.41, 5.74) is 1.10. The van der Waals surface area contributed by atoms with Crippen molar-refractivity contribution >= 4 is 30.2 Å². The zero-order valence-electron chi connectivity index (χ0n) is 15.9. The van der Waals surface area contributed by atoms with E-state index in [2.05, 4.69) is 37.9 Å². The summed E-state index contributed by atoms with van der Waals surface area (Å²) < 4.78 is 41.9. The van der Waals surface area contributed by atoms with Crippen LogP contribution >= 0.6 is 24.2 Å². The van der Waals surface area contributed by atoms with Gasteiger partial charge in [-0.05, 0) is 47.0 Å². The fourth-order valence-electron chi connectivity index (χ4n) is 2.70. The Hall–Kier alpha value is -1.97. The molecule has 2 aromatic rings. The summed E-state index contributed by atoms with van der Waals surface area (Å²) in [5.74, 6) is 5.76. The molecule has 0 fully saturated rings. The molecule has 4 N–H and O–H groups in total. The van der Waals surface area contributed by atoms with Crippen LogP contribution in [-0.2, 0) is 28.2 Å². The number of carbonyl (C=O) groups is 1. The molecule has 2 amide bonds. The second-order valence-electron chi connectivity index (χ2n) is 6.46. The number of unbranched alkanes of at least 4 members (excludes halogenated alkanes) is 1. The van der Waals surface area contributed by atoms with Crippen LogP contribution < -0.4 is 11.2 Å². The summed E-state index contributed by atoms with van der Waals surface area (Å²) in [6.45, 7) is 0.445. The molecule has 2 aromatic carbocycles. The Morgan fingerprint density at radius 3 is 2.53 bits per heavy atom. The van der Waals surface area contributed by atoms with Crippen molar-refractivity contribution < 1.29 is 27.6 Å². The van der Waals surface area contributed by atoms with Crippen LogP contribution in [0.3, 0.4) is 0 Å². The molecule has 0 aliphatic carbocycles. The molecular weight excluding hydrogens is 483 g/mol. The quantitative estimate of drug-likeness (QED) is 0.144. The second kappa shape index (κ2) is 11.4. The average molecular weight is 505 g/mol. The molecule has 11 heteroatoms. The summed E-state index contributed by atoms with van der Waals surface area (Å²) in [4.78, 5) is 20.7. The van der Waals surface area contributed by atoms with E-state index in [9.17, 15) is 18.1 Å².